The summed E-state index contributed by atoms with van der Waals surface area (Å²) in [5.74, 6) is 0. The predicted molar refractivity (Wildman–Crippen MR) is 73.3 cm³/mol. The number of piperazine rings is 1. The van der Waals surface area contributed by atoms with E-state index in [0.29, 0.717) is 0 Å². The van der Waals surface area contributed by atoms with Crippen LogP contribution in [0, 0.1) is 0 Å². The van der Waals surface area contributed by atoms with E-state index in [4.69, 9.17) is 4.94 Å². The van der Waals surface area contributed by atoms with E-state index in [-0.39, 0.29) is 6.04 Å². The van der Waals surface area contributed by atoms with Gasteiger partial charge in [0.1, 0.15) is 0 Å². The lowest BCUT2D eigenvalue weighted by Gasteiger charge is -2.27. The van der Waals surface area contributed by atoms with Crippen LogP contribution < -0.4 is 10.8 Å². The van der Waals surface area contributed by atoms with Crippen molar-refractivity contribution in [3.8, 4) is 0 Å². The average Bonchev–Trinajstić information content (AvgIpc) is 2.45. The monoisotopic (exact) mass is 250 g/mol. The minimum atomic E-state index is 0.207. The number of nitrogens with zero attached hydrogens (tertiary/aromatic N) is 2. The quantitative estimate of drug-likeness (QED) is 0.537. The molecule has 5 heteroatoms. The summed E-state index contributed by atoms with van der Waals surface area (Å²) in [7, 11) is 0. The highest BCUT2D eigenvalue weighted by Crippen LogP contribution is 2.14. The molecule has 0 aromatic rings. The maximum atomic E-state index is 4.73. The molecule has 5 nitrogen and oxygen atoms in total. The van der Waals surface area contributed by atoms with Crippen molar-refractivity contribution in [2.24, 2.45) is 5.16 Å². The second-order valence-electron chi connectivity index (χ2n) is 4.66. The molecule has 0 aromatic heterocycles. The highest BCUT2D eigenvalue weighted by molar-refractivity contribution is 5.25. The summed E-state index contributed by atoms with van der Waals surface area (Å²) in [5.41, 5.74) is 4.23. The van der Waals surface area contributed by atoms with Crippen molar-refractivity contribution in [3.05, 3.63) is 23.8 Å². The molecule has 0 spiro atoms. The van der Waals surface area contributed by atoms with Gasteiger partial charge in [-0.25, -0.2) is 0 Å². The van der Waals surface area contributed by atoms with Gasteiger partial charge in [-0.1, -0.05) is 29.0 Å². The molecule has 2 rings (SSSR count). The Bertz CT molecular complexity index is 321. The lowest BCUT2D eigenvalue weighted by molar-refractivity contribution is 0.0334. The van der Waals surface area contributed by atoms with E-state index in [1.165, 1.54) is 18.7 Å². The van der Waals surface area contributed by atoms with Crippen LogP contribution >= 0.6 is 0 Å². The molecule has 0 aromatic carbocycles. The van der Waals surface area contributed by atoms with E-state index in [0.717, 1.165) is 32.5 Å². The largest absolute Gasteiger partial charge is 0.314 e. The van der Waals surface area contributed by atoms with Crippen LogP contribution in [0.5, 0.6) is 0 Å². The van der Waals surface area contributed by atoms with E-state index in [9.17, 15) is 0 Å². The normalized spacial score (nSPS) is 24.7. The van der Waals surface area contributed by atoms with Gasteiger partial charge in [0.2, 0.25) is 0 Å². The Morgan fingerprint density at radius 3 is 3.00 bits per heavy atom. The van der Waals surface area contributed by atoms with Crippen LogP contribution in [0.25, 0.3) is 0 Å². The molecule has 1 unspecified atom stereocenters. The number of hydrogen-bond acceptors (Lipinski definition) is 5. The van der Waals surface area contributed by atoms with E-state index in [2.05, 4.69) is 45.8 Å². The summed E-state index contributed by atoms with van der Waals surface area (Å²) in [4.78, 5) is 7.25. The van der Waals surface area contributed by atoms with Gasteiger partial charge in [-0.05, 0) is 12.8 Å². The molecular weight excluding hydrogens is 228 g/mol. The molecule has 1 heterocycles. The molecule has 0 saturated carbocycles. The first-order valence-electron chi connectivity index (χ1n) is 6.56. The molecule has 1 aliphatic carbocycles. The Kier molecular flexibility index (Phi) is 5.38. The second kappa shape index (κ2) is 7.31. The van der Waals surface area contributed by atoms with Crippen molar-refractivity contribution in [3.63, 3.8) is 0 Å². The van der Waals surface area contributed by atoms with Gasteiger partial charge in [0.25, 0.3) is 0 Å². The second-order valence-corrected chi connectivity index (χ2v) is 4.66. The Morgan fingerprint density at radius 1 is 1.50 bits per heavy atom. The first-order chi connectivity index (χ1) is 8.88. The standard InChI is InChI=1S/C13H22N4O/c1-14-18-16-13-4-2-12(3-5-13)6-9-17-10-7-15-8-11-17/h2-4,13,15-16H,1,5-11H2. The lowest BCUT2D eigenvalue weighted by atomic mass is 10.0. The van der Waals surface area contributed by atoms with Gasteiger partial charge in [-0.2, -0.15) is 0 Å². The van der Waals surface area contributed by atoms with Gasteiger partial charge in [0.05, 0.1) is 6.04 Å². The molecule has 0 bridgehead atoms. The Morgan fingerprint density at radius 2 is 2.33 bits per heavy atom. The van der Waals surface area contributed by atoms with Crippen molar-refractivity contribution in [1.29, 1.82) is 0 Å². The SMILES string of the molecule is C=NONC1C=CC(CCN2CCNCC2)=CC1. The Hall–Kier alpha value is -1.17. The van der Waals surface area contributed by atoms with Gasteiger partial charge < -0.3 is 10.2 Å². The molecule has 2 aliphatic rings. The highest BCUT2D eigenvalue weighted by atomic mass is 16.8. The number of hydrogen-bond donors (Lipinski definition) is 2. The first-order valence-corrected chi connectivity index (χ1v) is 6.56. The van der Waals surface area contributed by atoms with Gasteiger partial charge in [0.15, 0.2) is 0 Å². The maximum Gasteiger partial charge on any atom is 0.0671 e. The molecule has 1 atom stereocenters. The van der Waals surface area contributed by atoms with Crippen LogP contribution in [0.3, 0.4) is 0 Å². The molecule has 2 N–H and O–H groups in total. The molecule has 0 radical (unpaired) electrons. The van der Waals surface area contributed by atoms with Crippen LogP contribution in [0.4, 0.5) is 0 Å². The summed E-state index contributed by atoms with van der Waals surface area (Å²) in [5, 5.41) is 6.69. The number of allylic oxidation sites excluding steroid dienone is 1. The molecule has 1 fully saturated rings. The van der Waals surface area contributed by atoms with Crippen molar-refractivity contribution < 1.29 is 4.94 Å². The lowest BCUT2D eigenvalue weighted by Crippen LogP contribution is -2.43. The third kappa shape index (κ3) is 4.25. The van der Waals surface area contributed by atoms with Crippen LogP contribution in [-0.4, -0.2) is 50.4 Å². The summed E-state index contributed by atoms with van der Waals surface area (Å²) >= 11 is 0. The maximum absolute atomic E-state index is 4.73. The summed E-state index contributed by atoms with van der Waals surface area (Å²) in [6, 6.07) is 0.207. The van der Waals surface area contributed by atoms with Gasteiger partial charge in [0, 0.05) is 39.4 Å². The van der Waals surface area contributed by atoms with Gasteiger partial charge in [-0.3, -0.25) is 4.94 Å². The minimum Gasteiger partial charge on any atom is -0.314 e. The highest BCUT2D eigenvalue weighted by Gasteiger charge is 2.12. The van der Waals surface area contributed by atoms with Crippen LogP contribution in [0.1, 0.15) is 12.8 Å². The van der Waals surface area contributed by atoms with Gasteiger partial charge >= 0.3 is 0 Å². The predicted octanol–water partition coefficient (Wildman–Crippen LogP) is 0.673. The zero-order valence-corrected chi connectivity index (χ0v) is 10.8. The van der Waals surface area contributed by atoms with Crippen LogP contribution in [-0.2, 0) is 4.94 Å². The molecule has 1 aliphatic heterocycles. The summed E-state index contributed by atoms with van der Waals surface area (Å²) in [6.07, 6.45) is 8.65. The smallest absolute Gasteiger partial charge is 0.0671 e. The Labute approximate surface area is 109 Å². The zero-order valence-electron chi connectivity index (χ0n) is 10.8. The first kappa shape index (κ1) is 13.3. The third-order valence-corrected chi connectivity index (χ3v) is 3.37. The van der Waals surface area contributed by atoms with Crippen LogP contribution in [0.15, 0.2) is 29.0 Å². The third-order valence-electron chi connectivity index (χ3n) is 3.37. The molecule has 1 saturated heterocycles. The van der Waals surface area contributed by atoms with E-state index in [1.54, 1.807) is 0 Å². The van der Waals surface area contributed by atoms with Gasteiger partial charge in [-0.15, -0.1) is 5.48 Å². The number of nitrogens with one attached hydrogen (secondary N) is 2. The molecule has 0 amide bonds. The zero-order chi connectivity index (χ0) is 12.6. The number of hydroxylamine groups is 1. The fourth-order valence-corrected chi connectivity index (χ4v) is 2.26. The fraction of sp³-hybridized carbons (Fsp3) is 0.615. The van der Waals surface area contributed by atoms with E-state index >= 15 is 0 Å². The average molecular weight is 250 g/mol. The minimum absolute atomic E-state index is 0.207. The summed E-state index contributed by atoms with van der Waals surface area (Å²) < 4.78 is 0. The topological polar surface area (TPSA) is 48.9 Å². The van der Waals surface area contributed by atoms with Crippen molar-refractivity contribution in [1.82, 2.24) is 15.7 Å². The number of rotatable bonds is 6. The van der Waals surface area contributed by atoms with Crippen molar-refractivity contribution in [2.45, 2.75) is 18.9 Å². The summed E-state index contributed by atoms with van der Waals surface area (Å²) in [6.45, 7) is 8.98. The van der Waals surface area contributed by atoms with E-state index < -0.39 is 0 Å². The van der Waals surface area contributed by atoms with E-state index in [1.807, 2.05) is 0 Å². The van der Waals surface area contributed by atoms with Crippen molar-refractivity contribution >= 4 is 6.72 Å². The molecule has 100 valence electrons. The van der Waals surface area contributed by atoms with Crippen LogP contribution in [0.2, 0.25) is 0 Å². The molecular formula is C13H22N4O. The molecule has 18 heavy (non-hydrogen) atoms. The Balaban J connectivity index is 1.67. The van der Waals surface area contributed by atoms with Crippen molar-refractivity contribution in [2.75, 3.05) is 32.7 Å². The number of oxime groups is 1. The fourth-order valence-electron chi connectivity index (χ4n) is 2.26.